The van der Waals surface area contributed by atoms with Gasteiger partial charge in [0.2, 0.25) is 11.8 Å². The van der Waals surface area contributed by atoms with E-state index in [-0.39, 0.29) is 43.3 Å². The van der Waals surface area contributed by atoms with Gasteiger partial charge in [0.1, 0.15) is 11.6 Å². The van der Waals surface area contributed by atoms with Crippen molar-refractivity contribution in [1.29, 1.82) is 0 Å². The highest BCUT2D eigenvalue weighted by molar-refractivity contribution is 6.30. The van der Waals surface area contributed by atoms with E-state index in [9.17, 15) is 9.90 Å². The van der Waals surface area contributed by atoms with Crippen molar-refractivity contribution in [3.63, 3.8) is 0 Å². The number of anilines is 2. The molecule has 2 bridgehead atoms. The van der Waals surface area contributed by atoms with Crippen LogP contribution in [0, 0.1) is 17.8 Å². The highest BCUT2D eigenvalue weighted by atomic mass is 35.5. The molecule has 8 nitrogen and oxygen atoms in total. The van der Waals surface area contributed by atoms with Gasteiger partial charge in [-0.15, -0.1) is 13.2 Å². The number of carbonyl (C=O) groups excluding carboxylic acids is 3. The van der Waals surface area contributed by atoms with Crippen LogP contribution in [0.25, 0.3) is 0 Å². The maximum Gasteiger partial charge on any atom is 0.253 e. The lowest BCUT2D eigenvalue weighted by atomic mass is 9.62. The number of likely N-dealkylation sites (tertiary alicyclic amines) is 1. The normalized spacial score (nSPS) is 27.8. The second-order valence-corrected chi connectivity index (χ2v) is 13.7. The van der Waals surface area contributed by atoms with Crippen LogP contribution in [0.2, 0.25) is 5.02 Å². The Balaban J connectivity index is 1.50. The Morgan fingerprint density at radius 1 is 0.958 bits per heavy atom. The SMILES string of the molecule is C=CCN(C(=O)C1N([C@@H](CO)Cc2ccccc2)C(=O)[C@@H]2[C@H](C(=O)N(CC=C)c3ccccc3)[C@@]3(C)OC12CC3C)c1ccc(Cl)cc1. The zero-order valence-corrected chi connectivity index (χ0v) is 28.1. The quantitative estimate of drug-likeness (QED) is 0.251. The number of hydrogen-bond acceptors (Lipinski definition) is 5. The van der Waals surface area contributed by atoms with Crippen LogP contribution >= 0.6 is 11.6 Å². The minimum Gasteiger partial charge on any atom is -0.394 e. The van der Waals surface area contributed by atoms with E-state index in [2.05, 4.69) is 13.2 Å². The molecule has 6 rings (SSSR count). The number of aliphatic hydroxyl groups is 1. The minimum atomic E-state index is -1.31. The number of aliphatic hydroxyl groups excluding tert-OH is 1. The van der Waals surface area contributed by atoms with Crippen LogP contribution in [-0.2, 0) is 25.5 Å². The van der Waals surface area contributed by atoms with Gasteiger partial charge in [-0.3, -0.25) is 14.4 Å². The topological polar surface area (TPSA) is 90.4 Å². The summed E-state index contributed by atoms with van der Waals surface area (Å²) in [6.07, 6.45) is 4.01. The van der Waals surface area contributed by atoms with E-state index in [1.54, 1.807) is 46.2 Å². The zero-order chi connectivity index (χ0) is 34.2. The molecule has 1 spiro atoms. The van der Waals surface area contributed by atoms with Crippen molar-refractivity contribution >= 4 is 40.7 Å². The molecular weight excluding hydrogens is 626 g/mol. The predicted octanol–water partition coefficient (Wildman–Crippen LogP) is 5.69. The van der Waals surface area contributed by atoms with Gasteiger partial charge in [0.15, 0.2) is 0 Å². The molecule has 3 fully saturated rings. The fourth-order valence-corrected chi connectivity index (χ4v) is 8.44. The molecule has 3 amide bonds. The first kappa shape index (κ1) is 33.7. The molecule has 3 heterocycles. The Kier molecular flexibility index (Phi) is 9.35. The van der Waals surface area contributed by atoms with Crippen LogP contribution < -0.4 is 9.80 Å². The summed E-state index contributed by atoms with van der Waals surface area (Å²) in [5.74, 6) is -2.97. The van der Waals surface area contributed by atoms with Gasteiger partial charge < -0.3 is 24.5 Å². The third kappa shape index (κ3) is 5.46. The highest BCUT2D eigenvalue weighted by Gasteiger charge is 2.80. The lowest BCUT2D eigenvalue weighted by Gasteiger charge is -2.39. The van der Waals surface area contributed by atoms with E-state index in [4.69, 9.17) is 16.3 Å². The van der Waals surface area contributed by atoms with Gasteiger partial charge in [-0.05, 0) is 67.6 Å². The monoisotopic (exact) mass is 667 g/mol. The minimum absolute atomic E-state index is 0.155. The molecule has 1 N–H and O–H groups in total. The van der Waals surface area contributed by atoms with Crippen molar-refractivity contribution in [3.8, 4) is 0 Å². The summed E-state index contributed by atoms with van der Waals surface area (Å²) in [5, 5.41) is 11.4. The van der Waals surface area contributed by atoms with Gasteiger partial charge in [-0.25, -0.2) is 0 Å². The lowest BCUT2D eigenvalue weighted by Crippen LogP contribution is -2.59. The number of halogens is 1. The number of para-hydroxylation sites is 1. The van der Waals surface area contributed by atoms with Crippen molar-refractivity contribution in [1.82, 2.24) is 4.90 Å². The van der Waals surface area contributed by atoms with Crippen LogP contribution in [-0.4, -0.2) is 70.7 Å². The van der Waals surface area contributed by atoms with Crippen LogP contribution in [0.3, 0.4) is 0 Å². The van der Waals surface area contributed by atoms with Gasteiger partial charge in [0, 0.05) is 29.5 Å². The van der Waals surface area contributed by atoms with Gasteiger partial charge in [0.05, 0.1) is 30.1 Å². The predicted molar refractivity (Wildman–Crippen MR) is 188 cm³/mol. The second kappa shape index (κ2) is 13.3. The van der Waals surface area contributed by atoms with Crippen LogP contribution in [0.4, 0.5) is 11.4 Å². The number of benzene rings is 3. The lowest BCUT2D eigenvalue weighted by molar-refractivity contribution is -0.149. The summed E-state index contributed by atoms with van der Waals surface area (Å²) >= 11 is 6.21. The van der Waals surface area contributed by atoms with Crippen molar-refractivity contribution in [2.75, 3.05) is 29.5 Å². The zero-order valence-electron chi connectivity index (χ0n) is 27.4. The largest absolute Gasteiger partial charge is 0.394 e. The first-order valence-corrected chi connectivity index (χ1v) is 16.8. The summed E-state index contributed by atoms with van der Waals surface area (Å²) in [7, 11) is 0. The number of hydrogen-bond donors (Lipinski definition) is 1. The van der Waals surface area contributed by atoms with Crippen LogP contribution in [0.5, 0.6) is 0 Å². The van der Waals surface area contributed by atoms with Crippen molar-refractivity contribution in [3.05, 3.63) is 121 Å². The number of nitrogens with zero attached hydrogens (tertiary/aromatic N) is 3. The van der Waals surface area contributed by atoms with Crippen molar-refractivity contribution in [2.24, 2.45) is 17.8 Å². The molecule has 3 aromatic carbocycles. The van der Waals surface area contributed by atoms with Crippen LogP contribution in [0.15, 0.2) is 110 Å². The number of fused-ring (bicyclic) bond motifs is 1. The van der Waals surface area contributed by atoms with E-state index in [0.29, 0.717) is 29.2 Å². The molecule has 48 heavy (non-hydrogen) atoms. The van der Waals surface area contributed by atoms with Crippen molar-refractivity contribution in [2.45, 2.75) is 50.0 Å². The number of amides is 3. The summed E-state index contributed by atoms with van der Waals surface area (Å²) in [4.78, 5) is 49.7. The molecule has 9 heteroatoms. The average Bonchev–Trinajstić information content (AvgIpc) is 3.62. The van der Waals surface area contributed by atoms with Gasteiger partial charge in [-0.2, -0.15) is 0 Å². The molecule has 3 saturated heterocycles. The van der Waals surface area contributed by atoms with Crippen molar-refractivity contribution < 1.29 is 24.2 Å². The van der Waals surface area contributed by atoms with Gasteiger partial charge in [0.25, 0.3) is 5.91 Å². The Labute approximate surface area is 287 Å². The number of carbonyl (C=O) groups is 3. The molecule has 3 aliphatic rings. The third-order valence-electron chi connectivity index (χ3n) is 10.5. The highest BCUT2D eigenvalue weighted by Crippen LogP contribution is 2.66. The van der Waals surface area contributed by atoms with Crippen LogP contribution in [0.1, 0.15) is 25.8 Å². The fourth-order valence-electron chi connectivity index (χ4n) is 8.31. The van der Waals surface area contributed by atoms with Gasteiger partial charge in [-0.1, -0.05) is 79.2 Å². The van der Waals surface area contributed by atoms with E-state index in [0.717, 1.165) is 5.56 Å². The molecule has 250 valence electrons. The molecule has 0 aromatic heterocycles. The standard InChI is InChI=1S/C39H42ClN3O5/c1-5-21-41(29-15-11-8-12-16-29)35(45)32-33-36(46)43(31(25-44)23-27-13-9-7-10-14-27)34(39(33)24-26(3)38(32,4)48-39)37(47)42(22-6-2)30-19-17-28(40)18-20-30/h5-20,26,31-34,44H,1-2,21-25H2,3-4H3/t26?,31-,32-,33+,34?,38+,39?/m1/s1. The van der Waals surface area contributed by atoms with E-state index in [1.807, 2.05) is 74.5 Å². The second-order valence-electron chi connectivity index (χ2n) is 13.3. The summed E-state index contributed by atoms with van der Waals surface area (Å²) in [5.41, 5.74) is -0.156. The molecule has 0 radical (unpaired) electrons. The first-order valence-electron chi connectivity index (χ1n) is 16.4. The Bertz CT molecular complexity index is 1680. The fraction of sp³-hybridized carbons (Fsp3) is 0.359. The maximum absolute atomic E-state index is 15.1. The Morgan fingerprint density at radius 3 is 2.10 bits per heavy atom. The molecule has 7 atom stereocenters. The molecule has 3 aromatic rings. The molecule has 3 unspecified atom stereocenters. The summed E-state index contributed by atoms with van der Waals surface area (Å²) < 4.78 is 7.03. The molecule has 0 saturated carbocycles. The van der Waals surface area contributed by atoms with E-state index in [1.165, 1.54) is 4.90 Å². The molecule has 3 aliphatic heterocycles. The third-order valence-corrected chi connectivity index (χ3v) is 10.8. The smallest absolute Gasteiger partial charge is 0.253 e. The Hall–Kier alpha value is -4.24. The average molecular weight is 668 g/mol. The number of ether oxygens (including phenoxy) is 1. The molecule has 0 aliphatic carbocycles. The van der Waals surface area contributed by atoms with E-state index >= 15 is 9.59 Å². The number of rotatable bonds is 12. The maximum atomic E-state index is 15.1. The Morgan fingerprint density at radius 2 is 1.52 bits per heavy atom. The first-order chi connectivity index (χ1) is 23.1. The summed E-state index contributed by atoms with van der Waals surface area (Å²) in [6, 6.07) is 23.9. The van der Waals surface area contributed by atoms with E-state index < -0.39 is 35.1 Å². The summed E-state index contributed by atoms with van der Waals surface area (Å²) in [6.45, 7) is 11.7. The van der Waals surface area contributed by atoms with Gasteiger partial charge >= 0.3 is 0 Å². The molecular formula is C39H42ClN3O5.